The molecule has 0 amide bonds. The number of thioether (sulfide) groups is 1. The van der Waals surface area contributed by atoms with E-state index >= 15 is 0 Å². The Morgan fingerprint density at radius 2 is 1.94 bits per heavy atom. The molecule has 16 heavy (non-hydrogen) atoms. The Kier molecular flexibility index (Phi) is 7.49. The highest BCUT2D eigenvalue weighted by Gasteiger charge is 2.03. The van der Waals surface area contributed by atoms with E-state index in [1.807, 2.05) is 11.8 Å². The predicted octanol–water partition coefficient (Wildman–Crippen LogP) is 4.09. The lowest BCUT2D eigenvalue weighted by Crippen LogP contribution is -2.19. The average molecular weight is 349 g/mol. The molecule has 1 rings (SSSR count). The highest BCUT2D eigenvalue weighted by molar-refractivity contribution is 14.1. The lowest BCUT2D eigenvalue weighted by atomic mass is 10.1. The van der Waals surface area contributed by atoms with Crippen LogP contribution in [0.3, 0.4) is 0 Å². The van der Waals surface area contributed by atoms with Gasteiger partial charge in [-0.15, -0.1) is 0 Å². The van der Waals surface area contributed by atoms with E-state index in [-0.39, 0.29) is 0 Å². The molecule has 1 aromatic rings. The van der Waals surface area contributed by atoms with Gasteiger partial charge < -0.3 is 5.32 Å². The Hall–Kier alpha value is 0.260. The maximum atomic E-state index is 3.57. The van der Waals surface area contributed by atoms with Gasteiger partial charge in [-0.1, -0.05) is 12.1 Å². The second kappa shape index (κ2) is 8.37. The molecule has 0 aliphatic carbocycles. The Morgan fingerprint density at radius 3 is 2.56 bits per heavy atom. The maximum absolute atomic E-state index is 3.57. The summed E-state index contributed by atoms with van der Waals surface area (Å²) >= 11 is 4.27. The van der Waals surface area contributed by atoms with Crippen LogP contribution < -0.4 is 5.32 Å². The fraction of sp³-hybridized carbons (Fsp3) is 0.538. The molecule has 0 saturated heterocycles. The number of rotatable bonds is 7. The molecule has 0 fully saturated rings. The standard InChI is InChI=1S/C13H20INS/c1-11(15-9-3-4-10-16-2)12-5-7-13(14)8-6-12/h5-8,11,15H,3-4,9-10H2,1-2H3. The normalized spacial score (nSPS) is 12.7. The molecule has 90 valence electrons. The van der Waals surface area contributed by atoms with Gasteiger partial charge in [0.15, 0.2) is 0 Å². The number of unbranched alkanes of at least 4 members (excludes halogenated alkanes) is 1. The summed E-state index contributed by atoms with van der Waals surface area (Å²) in [5.74, 6) is 1.28. The van der Waals surface area contributed by atoms with Crippen molar-refractivity contribution in [3.63, 3.8) is 0 Å². The van der Waals surface area contributed by atoms with Gasteiger partial charge in [0.25, 0.3) is 0 Å². The zero-order valence-electron chi connectivity index (χ0n) is 10.0. The fourth-order valence-corrected chi connectivity index (χ4v) is 2.41. The van der Waals surface area contributed by atoms with Gasteiger partial charge >= 0.3 is 0 Å². The topological polar surface area (TPSA) is 12.0 Å². The summed E-state index contributed by atoms with van der Waals surface area (Å²) in [5, 5.41) is 3.57. The Balaban J connectivity index is 2.24. The quantitative estimate of drug-likeness (QED) is 0.588. The van der Waals surface area contributed by atoms with Crippen molar-refractivity contribution in [2.75, 3.05) is 18.6 Å². The molecule has 1 N–H and O–H groups in total. The van der Waals surface area contributed by atoms with Crippen molar-refractivity contribution in [3.8, 4) is 0 Å². The van der Waals surface area contributed by atoms with E-state index in [1.165, 1.54) is 27.7 Å². The third-order valence-electron chi connectivity index (χ3n) is 2.60. The molecule has 0 aromatic heterocycles. The SMILES string of the molecule is CSCCCCNC(C)c1ccc(I)cc1. The smallest absolute Gasteiger partial charge is 0.0291 e. The van der Waals surface area contributed by atoms with Gasteiger partial charge in [0, 0.05) is 9.61 Å². The minimum Gasteiger partial charge on any atom is -0.310 e. The van der Waals surface area contributed by atoms with Crippen molar-refractivity contribution in [2.24, 2.45) is 0 Å². The van der Waals surface area contributed by atoms with Crippen molar-refractivity contribution < 1.29 is 0 Å². The molecule has 0 aliphatic rings. The van der Waals surface area contributed by atoms with Gasteiger partial charge in [-0.2, -0.15) is 11.8 Å². The number of hydrogen-bond acceptors (Lipinski definition) is 2. The van der Waals surface area contributed by atoms with Gasteiger partial charge in [0.1, 0.15) is 0 Å². The Morgan fingerprint density at radius 1 is 1.25 bits per heavy atom. The van der Waals surface area contributed by atoms with Crippen LogP contribution in [-0.4, -0.2) is 18.6 Å². The van der Waals surface area contributed by atoms with Crippen LogP contribution >= 0.6 is 34.4 Å². The summed E-state index contributed by atoms with van der Waals surface area (Å²) in [6.45, 7) is 3.35. The molecule has 0 bridgehead atoms. The van der Waals surface area contributed by atoms with Crippen LogP contribution in [0.4, 0.5) is 0 Å². The maximum Gasteiger partial charge on any atom is 0.0291 e. The van der Waals surface area contributed by atoms with Crippen molar-refractivity contribution >= 4 is 34.4 Å². The first-order chi connectivity index (χ1) is 7.74. The minimum atomic E-state index is 0.464. The molecular formula is C13H20INS. The summed E-state index contributed by atoms with van der Waals surface area (Å²) < 4.78 is 1.30. The number of halogens is 1. The Labute approximate surface area is 117 Å². The Bertz CT molecular complexity index is 286. The molecule has 1 atom stereocenters. The van der Waals surface area contributed by atoms with Crippen molar-refractivity contribution in [3.05, 3.63) is 33.4 Å². The lowest BCUT2D eigenvalue weighted by molar-refractivity contribution is 0.555. The highest BCUT2D eigenvalue weighted by Crippen LogP contribution is 2.14. The van der Waals surface area contributed by atoms with Crippen molar-refractivity contribution in [1.29, 1.82) is 0 Å². The lowest BCUT2D eigenvalue weighted by Gasteiger charge is -2.14. The molecular weight excluding hydrogens is 329 g/mol. The first-order valence-corrected chi connectivity index (χ1v) is 8.19. The number of hydrogen-bond donors (Lipinski definition) is 1. The second-order valence-corrected chi connectivity index (χ2v) is 6.16. The average Bonchev–Trinajstić information content (AvgIpc) is 2.29. The monoisotopic (exact) mass is 349 g/mol. The van der Waals surface area contributed by atoms with E-state index < -0.39 is 0 Å². The predicted molar refractivity (Wildman–Crippen MR) is 83.2 cm³/mol. The fourth-order valence-electron chi connectivity index (χ4n) is 1.56. The van der Waals surface area contributed by atoms with Crippen molar-refractivity contribution in [1.82, 2.24) is 5.32 Å². The van der Waals surface area contributed by atoms with E-state index in [1.54, 1.807) is 0 Å². The molecule has 1 unspecified atom stereocenters. The summed E-state index contributed by atoms with van der Waals surface area (Å²) in [6, 6.07) is 9.22. The van der Waals surface area contributed by atoms with Gasteiger partial charge in [-0.05, 0) is 78.6 Å². The van der Waals surface area contributed by atoms with E-state index in [0.717, 1.165) is 6.54 Å². The summed E-state index contributed by atoms with van der Waals surface area (Å²) in [7, 11) is 0. The van der Waals surface area contributed by atoms with Crippen LogP contribution in [0.1, 0.15) is 31.4 Å². The number of nitrogens with one attached hydrogen (secondary N) is 1. The zero-order valence-corrected chi connectivity index (χ0v) is 13.0. The minimum absolute atomic E-state index is 0.464. The van der Waals surface area contributed by atoms with Gasteiger partial charge in [-0.3, -0.25) is 0 Å². The van der Waals surface area contributed by atoms with E-state index in [9.17, 15) is 0 Å². The molecule has 0 saturated carbocycles. The van der Waals surface area contributed by atoms with Crippen LogP contribution in [0.15, 0.2) is 24.3 Å². The van der Waals surface area contributed by atoms with E-state index in [4.69, 9.17) is 0 Å². The molecule has 0 spiro atoms. The van der Waals surface area contributed by atoms with Gasteiger partial charge in [-0.25, -0.2) is 0 Å². The molecule has 0 radical (unpaired) electrons. The molecule has 3 heteroatoms. The van der Waals surface area contributed by atoms with E-state index in [2.05, 4.69) is 65.4 Å². The van der Waals surface area contributed by atoms with Crippen LogP contribution in [0.2, 0.25) is 0 Å². The molecule has 0 aliphatic heterocycles. The van der Waals surface area contributed by atoms with E-state index in [0.29, 0.717) is 6.04 Å². The highest BCUT2D eigenvalue weighted by atomic mass is 127. The summed E-state index contributed by atoms with van der Waals surface area (Å²) in [5.41, 5.74) is 1.38. The molecule has 1 nitrogen and oxygen atoms in total. The van der Waals surface area contributed by atoms with Gasteiger partial charge in [0.05, 0.1) is 0 Å². The first kappa shape index (κ1) is 14.3. The first-order valence-electron chi connectivity index (χ1n) is 5.72. The third kappa shape index (κ3) is 5.55. The molecule has 1 aromatic carbocycles. The van der Waals surface area contributed by atoms with Crippen LogP contribution in [0.5, 0.6) is 0 Å². The van der Waals surface area contributed by atoms with Crippen LogP contribution in [0, 0.1) is 3.57 Å². The molecule has 0 heterocycles. The van der Waals surface area contributed by atoms with Crippen LogP contribution in [0.25, 0.3) is 0 Å². The van der Waals surface area contributed by atoms with Crippen molar-refractivity contribution in [2.45, 2.75) is 25.8 Å². The van der Waals surface area contributed by atoms with Crippen LogP contribution in [-0.2, 0) is 0 Å². The zero-order chi connectivity index (χ0) is 11.8. The summed E-state index contributed by atoms with van der Waals surface area (Å²) in [6.07, 6.45) is 4.75. The second-order valence-electron chi connectivity index (χ2n) is 3.93. The largest absolute Gasteiger partial charge is 0.310 e. The van der Waals surface area contributed by atoms with Gasteiger partial charge in [0.2, 0.25) is 0 Å². The summed E-state index contributed by atoms with van der Waals surface area (Å²) in [4.78, 5) is 0. The third-order valence-corrected chi connectivity index (χ3v) is 4.01. The number of benzene rings is 1.